The second-order valence-corrected chi connectivity index (χ2v) is 9.09. The molecule has 3 aliphatic rings. The molecule has 6 heteroatoms. The van der Waals surface area contributed by atoms with Crippen LogP contribution >= 0.6 is 0 Å². The smallest absolute Gasteiger partial charge is 0.231 e. The molecule has 0 saturated carbocycles. The summed E-state index contributed by atoms with van der Waals surface area (Å²) in [5, 5.41) is 2.05. The number of hydrogen-bond donors (Lipinski definition) is 0. The van der Waals surface area contributed by atoms with Crippen LogP contribution in [0.2, 0.25) is 0 Å². The van der Waals surface area contributed by atoms with Gasteiger partial charge in [0.25, 0.3) is 0 Å². The van der Waals surface area contributed by atoms with Crippen LogP contribution in [-0.4, -0.2) is 36.6 Å². The van der Waals surface area contributed by atoms with E-state index in [0.717, 1.165) is 64.7 Å². The maximum atomic E-state index is 5.69. The van der Waals surface area contributed by atoms with E-state index in [-0.39, 0.29) is 13.6 Å². The summed E-state index contributed by atoms with van der Waals surface area (Å²) >= 11 is 0. The normalized spacial score (nSPS) is 22.3. The van der Waals surface area contributed by atoms with Gasteiger partial charge in [-0.1, -0.05) is 19.9 Å². The zero-order chi connectivity index (χ0) is 20.9. The minimum Gasteiger partial charge on any atom is -0.454 e. The number of nitrogens with zero attached hydrogens (tertiary/aromatic N) is 2. The molecular formula is C25H26N2O4. The van der Waals surface area contributed by atoms with Crippen molar-refractivity contribution in [1.82, 2.24) is 9.88 Å². The van der Waals surface area contributed by atoms with Gasteiger partial charge in [-0.05, 0) is 53.5 Å². The number of pyridine rings is 1. The van der Waals surface area contributed by atoms with Gasteiger partial charge >= 0.3 is 0 Å². The summed E-state index contributed by atoms with van der Waals surface area (Å²) in [4.78, 5) is 7.37. The van der Waals surface area contributed by atoms with Gasteiger partial charge in [-0.15, -0.1) is 0 Å². The lowest BCUT2D eigenvalue weighted by Gasteiger charge is -2.35. The molecular weight excluding hydrogens is 392 g/mol. The second-order valence-electron chi connectivity index (χ2n) is 9.09. The van der Waals surface area contributed by atoms with Crippen LogP contribution in [0.3, 0.4) is 0 Å². The minimum atomic E-state index is 0.259. The third-order valence-corrected chi connectivity index (χ3v) is 6.45. The fourth-order valence-electron chi connectivity index (χ4n) is 5.25. The molecule has 2 aromatic carbocycles. The summed E-state index contributed by atoms with van der Waals surface area (Å²) in [6.45, 7) is 8.33. The highest BCUT2D eigenvalue weighted by Gasteiger charge is 2.25. The number of likely N-dealkylation sites (tertiary alicyclic amines) is 1. The van der Waals surface area contributed by atoms with E-state index in [1.807, 2.05) is 12.3 Å². The molecule has 6 rings (SSSR count). The predicted molar refractivity (Wildman–Crippen MR) is 118 cm³/mol. The van der Waals surface area contributed by atoms with Gasteiger partial charge in [-0.25, -0.2) is 0 Å². The molecule has 1 saturated heterocycles. The standard InChI is InChI=1S/C25H26N2O4/c1-15-5-16(2)11-27(10-15)12-18-7-23-24(30-13-29-23)8-19(18)21-6-17-3-4-22-25(31-14-28-22)20(17)9-26-21/h3-4,6-9,15-16H,5,10-14H2,1-2H3. The number of piperidine rings is 1. The summed E-state index contributed by atoms with van der Waals surface area (Å²) in [6.07, 6.45) is 3.18. The van der Waals surface area contributed by atoms with E-state index >= 15 is 0 Å². The monoisotopic (exact) mass is 418 g/mol. The molecule has 0 bridgehead atoms. The molecule has 1 aromatic heterocycles. The van der Waals surface area contributed by atoms with Gasteiger partial charge in [0.05, 0.1) is 5.69 Å². The molecule has 0 radical (unpaired) electrons. The summed E-state index contributed by atoms with van der Waals surface area (Å²) in [5.41, 5.74) is 3.24. The minimum absolute atomic E-state index is 0.259. The molecule has 4 heterocycles. The largest absolute Gasteiger partial charge is 0.454 e. The molecule has 0 amide bonds. The number of hydrogen-bond acceptors (Lipinski definition) is 6. The molecule has 3 aromatic rings. The lowest BCUT2D eigenvalue weighted by Crippen LogP contribution is -2.38. The average molecular weight is 418 g/mol. The van der Waals surface area contributed by atoms with E-state index in [4.69, 9.17) is 23.9 Å². The number of fused-ring (bicyclic) bond motifs is 4. The Hall–Kier alpha value is -2.99. The Bertz CT molecular complexity index is 1150. The van der Waals surface area contributed by atoms with Crippen molar-refractivity contribution in [2.45, 2.75) is 26.8 Å². The Kier molecular flexibility index (Phi) is 4.42. The van der Waals surface area contributed by atoms with Crippen molar-refractivity contribution in [3.63, 3.8) is 0 Å². The number of benzene rings is 2. The first-order chi connectivity index (χ1) is 15.1. The highest BCUT2D eigenvalue weighted by atomic mass is 16.7. The molecule has 3 aliphatic heterocycles. The van der Waals surface area contributed by atoms with Gasteiger partial charge in [0.15, 0.2) is 23.0 Å². The Morgan fingerprint density at radius 3 is 2.48 bits per heavy atom. The average Bonchev–Trinajstić information content (AvgIpc) is 3.41. The first-order valence-corrected chi connectivity index (χ1v) is 11.0. The predicted octanol–water partition coefficient (Wildman–Crippen LogP) is 4.84. The second kappa shape index (κ2) is 7.31. The molecule has 2 unspecified atom stereocenters. The Balaban J connectivity index is 1.42. The lowest BCUT2D eigenvalue weighted by atomic mass is 9.91. The quantitative estimate of drug-likeness (QED) is 0.607. The molecule has 0 spiro atoms. The maximum Gasteiger partial charge on any atom is 0.231 e. The molecule has 6 nitrogen and oxygen atoms in total. The van der Waals surface area contributed by atoms with Crippen LogP contribution in [0.5, 0.6) is 23.0 Å². The van der Waals surface area contributed by atoms with E-state index in [9.17, 15) is 0 Å². The van der Waals surface area contributed by atoms with E-state index in [1.54, 1.807) is 0 Å². The summed E-state index contributed by atoms with van der Waals surface area (Å²) in [7, 11) is 0. The molecule has 31 heavy (non-hydrogen) atoms. The summed E-state index contributed by atoms with van der Waals surface area (Å²) in [6, 6.07) is 10.4. The van der Waals surface area contributed by atoms with E-state index in [2.05, 4.69) is 43.0 Å². The highest BCUT2D eigenvalue weighted by Crippen LogP contribution is 2.42. The van der Waals surface area contributed by atoms with Gasteiger partial charge in [0.1, 0.15) is 0 Å². The maximum absolute atomic E-state index is 5.69. The van der Waals surface area contributed by atoms with Gasteiger partial charge in [-0.3, -0.25) is 9.88 Å². The van der Waals surface area contributed by atoms with Crippen LogP contribution in [0.1, 0.15) is 25.8 Å². The number of aromatic nitrogens is 1. The Morgan fingerprint density at radius 1 is 0.903 bits per heavy atom. The Labute approximate surface area is 181 Å². The number of ether oxygens (including phenoxy) is 4. The van der Waals surface area contributed by atoms with E-state index in [1.165, 1.54) is 12.0 Å². The van der Waals surface area contributed by atoms with Crippen molar-refractivity contribution in [3.05, 3.63) is 42.1 Å². The summed E-state index contributed by atoms with van der Waals surface area (Å²) in [5.74, 6) is 4.58. The molecule has 160 valence electrons. The topological polar surface area (TPSA) is 53.1 Å². The van der Waals surface area contributed by atoms with Crippen LogP contribution in [0.15, 0.2) is 36.5 Å². The van der Waals surface area contributed by atoms with Crippen molar-refractivity contribution < 1.29 is 18.9 Å². The molecule has 0 N–H and O–H groups in total. The van der Waals surface area contributed by atoms with Gasteiger partial charge < -0.3 is 18.9 Å². The fraction of sp³-hybridized carbons (Fsp3) is 0.400. The first-order valence-electron chi connectivity index (χ1n) is 11.0. The van der Waals surface area contributed by atoms with Crippen molar-refractivity contribution >= 4 is 10.8 Å². The molecule has 1 fully saturated rings. The lowest BCUT2D eigenvalue weighted by molar-refractivity contribution is 0.134. The van der Waals surface area contributed by atoms with Crippen molar-refractivity contribution in [2.24, 2.45) is 11.8 Å². The highest BCUT2D eigenvalue weighted by molar-refractivity contribution is 5.93. The van der Waals surface area contributed by atoms with Crippen LogP contribution in [0.25, 0.3) is 22.0 Å². The molecule has 0 aliphatic carbocycles. The first kappa shape index (κ1) is 18.8. The van der Waals surface area contributed by atoms with Gasteiger partial charge in [0.2, 0.25) is 13.6 Å². The zero-order valence-electron chi connectivity index (χ0n) is 17.9. The number of rotatable bonds is 3. The van der Waals surface area contributed by atoms with Crippen LogP contribution in [-0.2, 0) is 6.54 Å². The van der Waals surface area contributed by atoms with Crippen LogP contribution < -0.4 is 18.9 Å². The SMILES string of the molecule is CC1CC(C)CN(Cc2cc3c(cc2-c2cc4ccc5c(c4cn2)OCO5)OCO3)C1. The Morgan fingerprint density at radius 2 is 1.65 bits per heavy atom. The van der Waals surface area contributed by atoms with Crippen molar-refractivity contribution in [1.29, 1.82) is 0 Å². The molecule has 2 atom stereocenters. The third kappa shape index (κ3) is 3.35. The summed E-state index contributed by atoms with van der Waals surface area (Å²) < 4.78 is 22.5. The van der Waals surface area contributed by atoms with E-state index in [0.29, 0.717) is 11.8 Å². The zero-order valence-corrected chi connectivity index (χ0v) is 17.9. The van der Waals surface area contributed by atoms with Crippen LogP contribution in [0.4, 0.5) is 0 Å². The third-order valence-electron chi connectivity index (χ3n) is 6.45. The van der Waals surface area contributed by atoms with E-state index < -0.39 is 0 Å². The van der Waals surface area contributed by atoms with Crippen molar-refractivity contribution in [3.8, 4) is 34.3 Å². The van der Waals surface area contributed by atoms with Crippen LogP contribution in [0, 0.1) is 11.8 Å². The fourth-order valence-corrected chi connectivity index (χ4v) is 5.25. The van der Waals surface area contributed by atoms with Crippen molar-refractivity contribution in [2.75, 3.05) is 26.7 Å². The van der Waals surface area contributed by atoms with Gasteiger partial charge in [0, 0.05) is 36.8 Å². The van der Waals surface area contributed by atoms with Gasteiger partial charge in [-0.2, -0.15) is 0 Å².